The van der Waals surface area contributed by atoms with Gasteiger partial charge in [-0.05, 0) is 0 Å². The normalized spacial score (nSPS) is 9.38. The van der Waals surface area contributed by atoms with Crippen LogP contribution in [0.5, 0.6) is 0 Å². The number of hydrogen-bond acceptors (Lipinski definition) is 1. The van der Waals surface area contributed by atoms with Crippen LogP contribution in [-0.2, 0) is 0 Å². The van der Waals surface area contributed by atoms with Crippen molar-refractivity contribution in [2.24, 2.45) is 0 Å². The van der Waals surface area contributed by atoms with Crippen LogP contribution < -0.4 is 2.94 Å². The molecule has 36 valence electrons. The Morgan fingerprint density at radius 1 is 1.62 bits per heavy atom. The Hall–Kier alpha value is 0.440. The van der Waals surface area contributed by atoms with E-state index in [4.69, 9.17) is 11.6 Å². The molecule has 8 heavy (non-hydrogen) atoms. The Morgan fingerprint density at radius 2 is 2.38 bits per heavy atom. The van der Waals surface area contributed by atoms with Gasteiger partial charge in [-0.25, -0.2) is 0 Å². The second-order valence-electron chi connectivity index (χ2n) is 1.57. The van der Waals surface area contributed by atoms with E-state index in [-0.39, 0.29) is 0 Å². The van der Waals surface area contributed by atoms with Crippen LogP contribution in [-0.4, -0.2) is 32.9 Å². The first-order valence-electron chi connectivity index (χ1n) is 2.38. The fourth-order valence-electron chi connectivity index (χ4n) is 0.465. The van der Waals surface area contributed by atoms with E-state index in [1.54, 1.807) is 6.20 Å². The number of halogens is 1. The maximum atomic E-state index is 5.68. The predicted octanol–water partition coefficient (Wildman–Crippen LogP) is 0.529. The number of hydrogen-bond donors (Lipinski definition) is 0. The zero-order chi connectivity index (χ0) is 5.98. The molecule has 0 amide bonds. The Morgan fingerprint density at radius 3 is 2.75 bits per heavy atom. The molecule has 0 saturated heterocycles. The van der Waals surface area contributed by atoms with Gasteiger partial charge in [-0.15, -0.1) is 0 Å². The molecule has 0 atom stereocenters. The number of aromatic nitrogens is 1. The average molecular weight is 136 g/mol. The van der Waals surface area contributed by atoms with Crippen molar-refractivity contribution in [2.75, 3.05) is 0 Å². The number of pyridine rings is 1. The molecule has 0 spiro atoms. The minimum atomic E-state index is 0.791. The SMILES string of the molecule is [Na][c]1ncccc1Cl. The zero-order valence-electron chi connectivity index (χ0n) is 4.56. The van der Waals surface area contributed by atoms with Gasteiger partial charge in [0.15, 0.2) is 0 Å². The van der Waals surface area contributed by atoms with Gasteiger partial charge in [-0.3, -0.25) is 0 Å². The van der Waals surface area contributed by atoms with Crippen LogP contribution in [0.3, 0.4) is 0 Å². The van der Waals surface area contributed by atoms with Crippen molar-refractivity contribution in [3.8, 4) is 0 Å². The summed E-state index contributed by atoms with van der Waals surface area (Å²) in [7, 11) is 0. The van der Waals surface area contributed by atoms with Gasteiger partial charge in [-0.1, -0.05) is 0 Å². The van der Waals surface area contributed by atoms with Crippen molar-refractivity contribution in [1.29, 1.82) is 0 Å². The van der Waals surface area contributed by atoms with Crippen molar-refractivity contribution in [1.82, 2.24) is 4.98 Å². The third-order valence-electron chi connectivity index (χ3n) is 0.942. The van der Waals surface area contributed by atoms with Crippen LogP contribution >= 0.6 is 11.6 Å². The van der Waals surface area contributed by atoms with E-state index in [0.29, 0.717) is 0 Å². The Labute approximate surface area is 70.5 Å². The summed E-state index contributed by atoms with van der Waals surface area (Å²) in [5.74, 6) is 0. The van der Waals surface area contributed by atoms with Crippen molar-refractivity contribution in [3.63, 3.8) is 0 Å². The second kappa shape index (κ2) is 2.83. The first kappa shape index (κ1) is 6.56. The summed E-state index contributed by atoms with van der Waals surface area (Å²) in [4.78, 5) is 4.01. The van der Waals surface area contributed by atoms with Crippen molar-refractivity contribution in [2.45, 2.75) is 0 Å². The molecule has 1 rings (SSSR count). The van der Waals surface area contributed by atoms with Crippen molar-refractivity contribution >= 4 is 42.5 Å². The molecule has 0 aliphatic rings. The van der Waals surface area contributed by atoms with Gasteiger partial charge < -0.3 is 0 Å². The van der Waals surface area contributed by atoms with Crippen molar-refractivity contribution in [3.05, 3.63) is 23.4 Å². The Bertz CT molecular complexity index is 169. The molecule has 1 nitrogen and oxygen atoms in total. The zero-order valence-corrected chi connectivity index (χ0v) is 7.31. The molecular formula is C5H3ClNNa. The van der Waals surface area contributed by atoms with Crippen LogP contribution in [0.4, 0.5) is 0 Å². The third-order valence-corrected chi connectivity index (χ3v) is 2.46. The van der Waals surface area contributed by atoms with Crippen LogP contribution in [0.1, 0.15) is 0 Å². The molecule has 0 aliphatic heterocycles. The minimum absolute atomic E-state index is 0.791. The molecule has 0 aromatic carbocycles. The standard InChI is InChI=1S/C5H3ClN.Na/c6-5-2-1-3-7-4-5;/h1-3H;. The van der Waals surface area contributed by atoms with Crippen LogP contribution in [0.2, 0.25) is 5.02 Å². The summed E-state index contributed by atoms with van der Waals surface area (Å²) in [5, 5.41) is 0.791. The van der Waals surface area contributed by atoms with E-state index >= 15 is 0 Å². The Balaban J connectivity index is 3.13. The molecular weight excluding hydrogens is 133 g/mol. The summed E-state index contributed by atoms with van der Waals surface area (Å²) in [6.45, 7) is 0. The van der Waals surface area contributed by atoms with E-state index in [1.807, 2.05) is 12.1 Å². The molecule has 1 aromatic rings. The van der Waals surface area contributed by atoms with E-state index in [9.17, 15) is 0 Å². The molecule has 0 unspecified atom stereocenters. The van der Waals surface area contributed by atoms with E-state index in [0.717, 1.165) is 35.9 Å². The second-order valence-corrected chi connectivity index (χ2v) is 2.93. The third kappa shape index (κ3) is 1.46. The molecule has 1 heterocycles. The summed E-state index contributed by atoms with van der Waals surface area (Å²) >= 11 is 6.61. The number of rotatable bonds is 0. The van der Waals surface area contributed by atoms with E-state index in [1.165, 1.54) is 0 Å². The summed E-state index contributed by atoms with van der Waals surface area (Å²) < 4.78 is 1.02. The molecule has 1 aromatic heterocycles. The van der Waals surface area contributed by atoms with E-state index < -0.39 is 0 Å². The summed E-state index contributed by atoms with van der Waals surface area (Å²) in [5.41, 5.74) is 0. The monoisotopic (exact) mass is 135 g/mol. The fourth-order valence-corrected chi connectivity index (χ4v) is 0.902. The van der Waals surface area contributed by atoms with Gasteiger partial charge in [0, 0.05) is 0 Å². The molecule has 0 bridgehead atoms. The molecule has 3 heteroatoms. The topological polar surface area (TPSA) is 12.9 Å². The molecule has 0 fully saturated rings. The maximum absolute atomic E-state index is 5.68. The number of nitrogens with zero attached hydrogens (tertiary/aromatic N) is 1. The Kier molecular flexibility index (Phi) is 2.32. The molecule has 0 saturated carbocycles. The first-order valence-corrected chi connectivity index (χ1v) is 3.75. The predicted molar refractivity (Wildman–Crippen MR) is 34.6 cm³/mol. The van der Waals surface area contributed by atoms with Gasteiger partial charge in [0.2, 0.25) is 0 Å². The van der Waals surface area contributed by atoms with E-state index in [2.05, 4.69) is 4.98 Å². The fraction of sp³-hybridized carbons (Fsp3) is 0. The first-order chi connectivity index (χ1) is 3.80. The van der Waals surface area contributed by atoms with Gasteiger partial charge in [0.05, 0.1) is 0 Å². The molecule has 0 N–H and O–H groups in total. The van der Waals surface area contributed by atoms with Crippen LogP contribution in [0, 0.1) is 0 Å². The van der Waals surface area contributed by atoms with Gasteiger partial charge in [0.25, 0.3) is 0 Å². The van der Waals surface area contributed by atoms with Crippen molar-refractivity contribution < 1.29 is 0 Å². The molecule has 0 radical (unpaired) electrons. The van der Waals surface area contributed by atoms with Gasteiger partial charge in [0.1, 0.15) is 0 Å². The van der Waals surface area contributed by atoms with Crippen LogP contribution in [0.25, 0.3) is 0 Å². The summed E-state index contributed by atoms with van der Waals surface area (Å²) in [6, 6.07) is 3.70. The molecule has 0 aliphatic carbocycles. The summed E-state index contributed by atoms with van der Waals surface area (Å²) in [6.07, 6.45) is 1.76. The van der Waals surface area contributed by atoms with Crippen LogP contribution in [0.15, 0.2) is 18.3 Å². The van der Waals surface area contributed by atoms with Gasteiger partial charge >= 0.3 is 70.8 Å². The quantitative estimate of drug-likeness (QED) is 0.473. The average Bonchev–Trinajstić information content (AvgIpc) is 1.77. The van der Waals surface area contributed by atoms with Gasteiger partial charge in [-0.2, -0.15) is 0 Å².